The van der Waals surface area contributed by atoms with Crippen molar-refractivity contribution >= 4 is 15.9 Å². The van der Waals surface area contributed by atoms with Gasteiger partial charge in [0.05, 0.1) is 4.47 Å². The van der Waals surface area contributed by atoms with E-state index in [0.29, 0.717) is 17.0 Å². The van der Waals surface area contributed by atoms with E-state index in [9.17, 15) is 4.39 Å². The molecule has 0 aliphatic heterocycles. The summed E-state index contributed by atoms with van der Waals surface area (Å²) in [5.41, 5.74) is 3.86. The lowest BCUT2D eigenvalue weighted by Gasteiger charge is -2.20. The second-order valence-corrected chi connectivity index (χ2v) is 5.47. The summed E-state index contributed by atoms with van der Waals surface area (Å²) in [7, 11) is 1.69. The predicted molar refractivity (Wildman–Crippen MR) is 74.6 cm³/mol. The lowest BCUT2D eigenvalue weighted by atomic mass is 9.97. The summed E-state index contributed by atoms with van der Waals surface area (Å²) >= 11 is 3.19. The molecule has 0 bridgehead atoms. The maximum absolute atomic E-state index is 13.1. The topological polar surface area (TPSA) is 47.3 Å². The van der Waals surface area contributed by atoms with Crippen LogP contribution < -0.4 is 11.3 Å². The number of rotatable bonds is 7. The van der Waals surface area contributed by atoms with Gasteiger partial charge in [0, 0.05) is 19.8 Å². The third-order valence-corrected chi connectivity index (χ3v) is 3.45. The van der Waals surface area contributed by atoms with Crippen molar-refractivity contribution < 1.29 is 9.13 Å². The van der Waals surface area contributed by atoms with E-state index in [1.165, 1.54) is 6.07 Å². The van der Waals surface area contributed by atoms with Crippen LogP contribution in [0.15, 0.2) is 22.7 Å². The third kappa shape index (κ3) is 5.02. The molecule has 2 atom stereocenters. The van der Waals surface area contributed by atoms with Crippen LogP contribution in [0, 0.1) is 11.7 Å². The van der Waals surface area contributed by atoms with Crippen molar-refractivity contribution in [1.29, 1.82) is 0 Å². The van der Waals surface area contributed by atoms with Crippen LogP contribution in [0.2, 0.25) is 0 Å². The molecule has 102 valence electrons. The molecule has 0 aromatic heterocycles. The van der Waals surface area contributed by atoms with Crippen molar-refractivity contribution in [3.63, 3.8) is 0 Å². The van der Waals surface area contributed by atoms with Crippen LogP contribution >= 0.6 is 15.9 Å². The highest BCUT2D eigenvalue weighted by Gasteiger charge is 2.13. The third-order valence-electron chi connectivity index (χ3n) is 2.84. The highest BCUT2D eigenvalue weighted by atomic mass is 79.9. The van der Waals surface area contributed by atoms with Crippen molar-refractivity contribution in [3.05, 3.63) is 34.1 Å². The van der Waals surface area contributed by atoms with Gasteiger partial charge < -0.3 is 4.74 Å². The number of hydrogen-bond acceptors (Lipinski definition) is 3. The zero-order valence-corrected chi connectivity index (χ0v) is 12.3. The lowest BCUT2D eigenvalue weighted by Crippen LogP contribution is -2.38. The Balaban J connectivity index is 2.59. The molecule has 1 aromatic carbocycles. The van der Waals surface area contributed by atoms with Gasteiger partial charge in [-0.15, -0.1) is 0 Å². The van der Waals surface area contributed by atoms with Gasteiger partial charge in [0.1, 0.15) is 5.82 Å². The molecule has 0 amide bonds. The minimum absolute atomic E-state index is 0.160. The molecule has 3 N–H and O–H groups in total. The first-order valence-corrected chi connectivity index (χ1v) is 6.75. The minimum Gasteiger partial charge on any atom is -0.384 e. The zero-order valence-electron chi connectivity index (χ0n) is 10.7. The van der Waals surface area contributed by atoms with E-state index in [-0.39, 0.29) is 11.9 Å². The summed E-state index contributed by atoms with van der Waals surface area (Å²) in [5.74, 6) is 5.74. The summed E-state index contributed by atoms with van der Waals surface area (Å²) in [5, 5.41) is 0. The van der Waals surface area contributed by atoms with Gasteiger partial charge in [-0.2, -0.15) is 0 Å². The Morgan fingerprint density at radius 3 is 2.78 bits per heavy atom. The van der Waals surface area contributed by atoms with Gasteiger partial charge in [-0.25, -0.2) is 4.39 Å². The Morgan fingerprint density at radius 1 is 1.50 bits per heavy atom. The molecule has 18 heavy (non-hydrogen) atoms. The van der Waals surface area contributed by atoms with E-state index in [4.69, 9.17) is 10.6 Å². The van der Waals surface area contributed by atoms with Crippen LogP contribution in [0.1, 0.15) is 18.9 Å². The highest BCUT2D eigenvalue weighted by molar-refractivity contribution is 9.10. The maximum Gasteiger partial charge on any atom is 0.137 e. The summed E-state index contributed by atoms with van der Waals surface area (Å²) < 4.78 is 18.7. The van der Waals surface area contributed by atoms with Crippen LogP contribution in [0.3, 0.4) is 0 Å². The number of methoxy groups -OCH3 is 1. The fourth-order valence-corrected chi connectivity index (χ4v) is 2.43. The van der Waals surface area contributed by atoms with Crippen molar-refractivity contribution in [2.45, 2.75) is 25.8 Å². The smallest absolute Gasteiger partial charge is 0.137 e. The van der Waals surface area contributed by atoms with Gasteiger partial charge >= 0.3 is 0 Å². The number of benzene rings is 1. The van der Waals surface area contributed by atoms with E-state index >= 15 is 0 Å². The monoisotopic (exact) mass is 318 g/mol. The number of nitrogens with one attached hydrogen (secondary N) is 1. The average molecular weight is 319 g/mol. The van der Waals surface area contributed by atoms with Crippen molar-refractivity contribution in [2.24, 2.45) is 11.8 Å². The molecule has 1 rings (SSSR count). The number of hydrogen-bond donors (Lipinski definition) is 2. The molecule has 0 aliphatic carbocycles. The van der Waals surface area contributed by atoms with Crippen molar-refractivity contribution in [1.82, 2.24) is 5.43 Å². The van der Waals surface area contributed by atoms with Gasteiger partial charge in [-0.05, 0) is 52.4 Å². The number of ether oxygens (including phenoxy) is 1. The Labute approximate surface area is 116 Å². The van der Waals surface area contributed by atoms with Crippen LogP contribution in [0.4, 0.5) is 4.39 Å². The summed E-state index contributed by atoms with van der Waals surface area (Å²) in [6.07, 6.45) is 1.68. The SMILES string of the molecule is COCC(C)CC(Cc1ccc(F)c(Br)c1)NN. The van der Waals surface area contributed by atoms with Gasteiger partial charge in [0.25, 0.3) is 0 Å². The van der Waals surface area contributed by atoms with Gasteiger partial charge in [-0.1, -0.05) is 13.0 Å². The van der Waals surface area contributed by atoms with Crippen molar-refractivity contribution in [3.8, 4) is 0 Å². The standard InChI is InChI=1S/C13H20BrFN2O/c1-9(8-18-2)5-11(17-16)6-10-3-4-13(15)12(14)7-10/h3-4,7,9,11,17H,5-6,8,16H2,1-2H3. The van der Waals surface area contributed by atoms with Crippen LogP contribution in [-0.4, -0.2) is 19.8 Å². The van der Waals surface area contributed by atoms with Crippen molar-refractivity contribution in [2.75, 3.05) is 13.7 Å². The number of nitrogens with two attached hydrogens (primary N) is 1. The minimum atomic E-state index is -0.247. The van der Waals surface area contributed by atoms with Gasteiger partial charge in [0.2, 0.25) is 0 Å². The Bertz CT molecular complexity index is 376. The van der Waals surface area contributed by atoms with E-state index in [1.54, 1.807) is 19.2 Å². The Morgan fingerprint density at radius 2 is 2.22 bits per heavy atom. The molecular formula is C13H20BrFN2O. The van der Waals surface area contributed by atoms with E-state index < -0.39 is 0 Å². The van der Waals surface area contributed by atoms with E-state index in [1.807, 2.05) is 0 Å². The van der Waals surface area contributed by atoms with E-state index in [2.05, 4.69) is 28.3 Å². The quantitative estimate of drug-likeness (QED) is 0.600. The second-order valence-electron chi connectivity index (χ2n) is 4.61. The van der Waals surface area contributed by atoms with Gasteiger partial charge in [-0.3, -0.25) is 11.3 Å². The molecule has 0 saturated carbocycles. The second kappa shape index (κ2) is 7.84. The fraction of sp³-hybridized carbons (Fsp3) is 0.538. The molecule has 2 unspecified atom stereocenters. The predicted octanol–water partition coefficient (Wildman–Crippen LogP) is 2.64. The Kier molecular flexibility index (Phi) is 6.78. The van der Waals surface area contributed by atoms with Crippen LogP contribution in [0.25, 0.3) is 0 Å². The maximum atomic E-state index is 13.1. The first-order chi connectivity index (χ1) is 8.56. The molecule has 0 heterocycles. The van der Waals surface area contributed by atoms with Crippen LogP contribution in [0.5, 0.6) is 0 Å². The molecular weight excluding hydrogens is 299 g/mol. The number of hydrazine groups is 1. The fourth-order valence-electron chi connectivity index (χ4n) is 2.00. The molecule has 0 aliphatic rings. The molecule has 0 radical (unpaired) electrons. The lowest BCUT2D eigenvalue weighted by molar-refractivity contribution is 0.149. The van der Waals surface area contributed by atoms with Gasteiger partial charge in [0.15, 0.2) is 0 Å². The first kappa shape index (κ1) is 15.6. The average Bonchev–Trinajstić information content (AvgIpc) is 2.33. The molecule has 0 fully saturated rings. The first-order valence-electron chi connectivity index (χ1n) is 5.95. The molecule has 3 nitrogen and oxygen atoms in total. The molecule has 0 saturated heterocycles. The molecule has 5 heteroatoms. The molecule has 0 spiro atoms. The summed E-state index contributed by atoms with van der Waals surface area (Å²) in [4.78, 5) is 0. The van der Waals surface area contributed by atoms with E-state index in [0.717, 1.165) is 18.4 Å². The molecule has 1 aromatic rings. The highest BCUT2D eigenvalue weighted by Crippen LogP contribution is 2.19. The zero-order chi connectivity index (χ0) is 13.5. The normalized spacial score (nSPS) is 14.5. The summed E-state index contributed by atoms with van der Waals surface area (Å²) in [6, 6.07) is 5.20. The Hall–Kier alpha value is -0.490. The summed E-state index contributed by atoms with van der Waals surface area (Å²) in [6.45, 7) is 2.83. The van der Waals surface area contributed by atoms with Crippen LogP contribution in [-0.2, 0) is 11.2 Å². The largest absolute Gasteiger partial charge is 0.384 e. The number of halogens is 2.